The summed E-state index contributed by atoms with van der Waals surface area (Å²) in [6, 6.07) is 22.2. The number of nitrogens with one attached hydrogen (secondary N) is 1. The van der Waals surface area contributed by atoms with Gasteiger partial charge in [-0.1, -0.05) is 29.8 Å². The van der Waals surface area contributed by atoms with Gasteiger partial charge >= 0.3 is 0 Å². The monoisotopic (exact) mass is 498 g/mol. The van der Waals surface area contributed by atoms with Gasteiger partial charge in [-0.15, -0.1) is 0 Å². The van der Waals surface area contributed by atoms with Crippen molar-refractivity contribution < 1.29 is 19.0 Å². The predicted molar refractivity (Wildman–Crippen MR) is 143 cm³/mol. The van der Waals surface area contributed by atoms with Crippen molar-refractivity contribution >= 4 is 44.9 Å². The molecule has 5 rings (SSSR count). The number of amides is 1. The molecular weight excluding hydrogens is 476 g/mol. The molecule has 0 radical (unpaired) electrons. The van der Waals surface area contributed by atoms with E-state index in [0.717, 1.165) is 27.2 Å². The van der Waals surface area contributed by atoms with Gasteiger partial charge in [-0.25, -0.2) is 0 Å². The molecule has 4 aromatic carbocycles. The highest BCUT2D eigenvalue weighted by molar-refractivity contribution is 6.31. The number of methoxy groups -OCH3 is 2. The predicted octanol–water partition coefficient (Wildman–Crippen LogP) is 7.41. The molecule has 0 fully saturated rings. The van der Waals surface area contributed by atoms with Crippen molar-refractivity contribution in [3.8, 4) is 23.0 Å². The summed E-state index contributed by atoms with van der Waals surface area (Å²) in [4.78, 5) is 17.3. The zero-order chi connectivity index (χ0) is 25.2. The standard InChI is InChI=1S/C29H23ClN2O4/c1-17-4-8-21(14-24(17)30)32-29(33)19-6-5-18-7-9-22(13-20(18)12-19)36-26-10-11-31-25-16-28(35-3)27(34-2)15-23(25)26/h4-16H,1-3H3,(H,32,33). The summed E-state index contributed by atoms with van der Waals surface area (Å²) in [5, 5.41) is 6.16. The maximum Gasteiger partial charge on any atom is 0.255 e. The second kappa shape index (κ2) is 9.76. The van der Waals surface area contributed by atoms with Gasteiger partial charge in [0.05, 0.1) is 19.7 Å². The topological polar surface area (TPSA) is 69.7 Å². The van der Waals surface area contributed by atoms with Crippen molar-refractivity contribution in [2.24, 2.45) is 0 Å². The summed E-state index contributed by atoms with van der Waals surface area (Å²) in [5.74, 6) is 2.23. The van der Waals surface area contributed by atoms with Gasteiger partial charge in [0.25, 0.3) is 5.91 Å². The molecule has 0 saturated carbocycles. The van der Waals surface area contributed by atoms with E-state index in [2.05, 4.69) is 10.3 Å². The van der Waals surface area contributed by atoms with Crippen LogP contribution in [0.15, 0.2) is 79.0 Å². The van der Waals surface area contributed by atoms with E-state index in [-0.39, 0.29) is 5.91 Å². The van der Waals surface area contributed by atoms with Crippen LogP contribution in [0.3, 0.4) is 0 Å². The number of nitrogens with zero attached hydrogens (tertiary/aromatic N) is 1. The van der Waals surface area contributed by atoms with Crippen LogP contribution < -0.4 is 19.5 Å². The van der Waals surface area contributed by atoms with Crippen molar-refractivity contribution in [3.05, 3.63) is 95.1 Å². The van der Waals surface area contributed by atoms with Crippen molar-refractivity contribution in [1.82, 2.24) is 4.98 Å². The Morgan fingerprint density at radius 2 is 1.61 bits per heavy atom. The molecule has 180 valence electrons. The molecule has 0 aliphatic rings. The second-order valence-electron chi connectivity index (χ2n) is 8.28. The van der Waals surface area contributed by atoms with E-state index in [1.54, 1.807) is 38.6 Å². The highest BCUT2D eigenvalue weighted by Gasteiger charge is 2.13. The number of fused-ring (bicyclic) bond motifs is 2. The maximum atomic E-state index is 12.9. The molecule has 0 atom stereocenters. The SMILES string of the molecule is COc1cc2nccc(Oc3ccc4ccc(C(=O)Nc5ccc(C)c(Cl)c5)cc4c3)c2cc1OC. The van der Waals surface area contributed by atoms with Crippen LogP contribution in [-0.4, -0.2) is 25.1 Å². The molecule has 1 N–H and O–H groups in total. The van der Waals surface area contributed by atoms with Crippen LogP contribution in [0.25, 0.3) is 21.7 Å². The lowest BCUT2D eigenvalue weighted by Gasteiger charge is -2.13. The van der Waals surface area contributed by atoms with E-state index in [0.29, 0.717) is 39.3 Å². The molecular formula is C29H23ClN2O4. The molecule has 7 heteroatoms. The summed E-state index contributed by atoms with van der Waals surface area (Å²) < 4.78 is 17.1. The van der Waals surface area contributed by atoms with Gasteiger partial charge in [0.2, 0.25) is 0 Å². The molecule has 0 bridgehead atoms. The lowest BCUT2D eigenvalue weighted by Crippen LogP contribution is -2.11. The number of rotatable bonds is 6. The summed E-state index contributed by atoms with van der Waals surface area (Å²) in [5.41, 5.74) is 2.85. The summed E-state index contributed by atoms with van der Waals surface area (Å²) in [6.45, 7) is 1.92. The minimum atomic E-state index is -0.218. The van der Waals surface area contributed by atoms with E-state index in [9.17, 15) is 4.79 Å². The van der Waals surface area contributed by atoms with Crippen LogP contribution in [0.2, 0.25) is 5.02 Å². The number of ether oxygens (including phenoxy) is 3. The molecule has 6 nitrogen and oxygen atoms in total. The highest BCUT2D eigenvalue weighted by Crippen LogP contribution is 2.37. The van der Waals surface area contributed by atoms with Crippen LogP contribution in [0.1, 0.15) is 15.9 Å². The zero-order valence-electron chi connectivity index (χ0n) is 20.0. The number of pyridine rings is 1. The number of aryl methyl sites for hydroxylation is 1. The first-order chi connectivity index (χ1) is 17.4. The third-order valence-electron chi connectivity index (χ3n) is 5.94. The average molecular weight is 499 g/mol. The molecule has 5 aromatic rings. The number of halogens is 1. The van der Waals surface area contributed by atoms with Crippen molar-refractivity contribution in [2.45, 2.75) is 6.92 Å². The van der Waals surface area contributed by atoms with Crippen molar-refractivity contribution in [3.63, 3.8) is 0 Å². The van der Waals surface area contributed by atoms with Crippen LogP contribution in [0, 0.1) is 6.92 Å². The Kier molecular flexibility index (Phi) is 6.36. The molecule has 0 aliphatic carbocycles. The number of carbonyl (C=O) groups excluding carboxylic acids is 1. The molecule has 0 unspecified atom stereocenters. The molecule has 0 spiro atoms. The number of aromatic nitrogens is 1. The molecule has 0 saturated heterocycles. The van der Waals surface area contributed by atoms with Gasteiger partial charge in [-0.2, -0.15) is 0 Å². The van der Waals surface area contributed by atoms with Gasteiger partial charge in [-0.3, -0.25) is 9.78 Å². The van der Waals surface area contributed by atoms with Gasteiger partial charge in [-0.05, 0) is 71.8 Å². The van der Waals surface area contributed by atoms with E-state index in [1.807, 2.05) is 61.5 Å². The Morgan fingerprint density at radius 1 is 0.833 bits per heavy atom. The minimum absolute atomic E-state index is 0.218. The Balaban J connectivity index is 1.44. The Labute approximate surface area is 213 Å². The largest absolute Gasteiger partial charge is 0.493 e. The average Bonchev–Trinajstić information content (AvgIpc) is 2.89. The summed E-state index contributed by atoms with van der Waals surface area (Å²) >= 11 is 6.19. The third kappa shape index (κ3) is 4.63. The van der Waals surface area contributed by atoms with Crippen molar-refractivity contribution in [2.75, 3.05) is 19.5 Å². The van der Waals surface area contributed by atoms with Crippen LogP contribution in [-0.2, 0) is 0 Å². The van der Waals surface area contributed by atoms with Gasteiger partial charge in [0, 0.05) is 33.9 Å². The number of benzene rings is 4. The molecule has 1 heterocycles. The molecule has 36 heavy (non-hydrogen) atoms. The third-order valence-corrected chi connectivity index (χ3v) is 6.35. The Bertz CT molecular complexity index is 1620. The Hall–Kier alpha value is -4.29. The number of anilines is 1. The lowest BCUT2D eigenvalue weighted by molar-refractivity contribution is 0.102. The van der Waals surface area contributed by atoms with Gasteiger partial charge in [0.15, 0.2) is 11.5 Å². The van der Waals surface area contributed by atoms with E-state index in [4.69, 9.17) is 25.8 Å². The fraction of sp³-hybridized carbons (Fsp3) is 0.103. The fourth-order valence-electron chi connectivity index (χ4n) is 3.97. The van der Waals surface area contributed by atoms with Crippen LogP contribution >= 0.6 is 11.6 Å². The zero-order valence-corrected chi connectivity index (χ0v) is 20.7. The molecule has 0 aliphatic heterocycles. The normalized spacial score (nSPS) is 10.9. The summed E-state index contributed by atoms with van der Waals surface area (Å²) in [7, 11) is 3.18. The first-order valence-electron chi connectivity index (χ1n) is 11.2. The van der Waals surface area contributed by atoms with E-state index >= 15 is 0 Å². The maximum absolute atomic E-state index is 12.9. The molecule has 1 aromatic heterocycles. The lowest BCUT2D eigenvalue weighted by atomic mass is 10.1. The number of carbonyl (C=O) groups is 1. The fourth-order valence-corrected chi connectivity index (χ4v) is 4.15. The van der Waals surface area contributed by atoms with E-state index in [1.165, 1.54) is 0 Å². The number of hydrogen-bond acceptors (Lipinski definition) is 5. The first-order valence-corrected chi connectivity index (χ1v) is 11.6. The second-order valence-corrected chi connectivity index (χ2v) is 8.68. The van der Waals surface area contributed by atoms with Gasteiger partial charge < -0.3 is 19.5 Å². The highest BCUT2D eigenvalue weighted by atomic mass is 35.5. The Morgan fingerprint density at radius 3 is 2.39 bits per heavy atom. The van der Waals surface area contributed by atoms with Crippen LogP contribution in [0.5, 0.6) is 23.0 Å². The molecule has 1 amide bonds. The smallest absolute Gasteiger partial charge is 0.255 e. The van der Waals surface area contributed by atoms with Crippen molar-refractivity contribution in [1.29, 1.82) is 0 Å². The summed E-state index contributed by atoms with van der Waals surface area (Å²) in [6.07, 6.45) is 1.68. The number of hydrogen-bond donors (Lipinski definition) is 1. The van der Waals surface area contributed by atoms with Gasteiger partial charge in [0.1, 0.15) is 11.5 Å². The van der Waals surface area contributed by atoms with E-state index < -0.39 is 0 Å². The van der Waals surface area contributed by atoms with Crippen LogP contribution in [0.4, 0.5) is 5.69 Å². The quantitative estimate of drug-likeness (QED) is 0.264. The first kappa shape index (κ1) is 23.5. The minimum Gasteiger partial charge on any atom is -0.493 e.